The van der Waals surface area contributed by atoms with Crippen molar-refractivity contribution >= 4 is 43.2 Å². The Morgan fingerprint density at radius 2 is 1.96 bits per heavy atom. The summed E-state index contributed by atoms with van der Waals surface area (Å²) in [5.74, 6) is 0. The Labute approximate surface area is 175 Å². The van der Waals surface area contributed by atoms with E-state index in [2.05, 4.69) is 25.6 Å². The number of aryl methyl sites for hydroxylation is 1. The van der Waals surface area contributed by atoms with Crippen molar-refractivity contribution in [3.63, 3.8) is 0 Å². The molecule has 0 amide bonds. The van der Waals surface area contributed by atoms with Crippen molar-refractivity contribution in [1.82, 2.24) is 14.1 Å². The first kappa shape index (κ1) is 21.5. The van der Waals surface area contributed by atoms with E-state index in [0.29, 0.717) is 16.3 Å². The molecule has 2 aromatic heterocycles. The van der Waals surface area contributed by atoms with E-state index in [1.807, 2.05) is 24.3 Å². The molecule has 3 aromatic rings. The zero-order valence-electron chi connectivity index (χ0n) is 15.6. The van der Waals surface area contributed by atoms with Crippen LogP contribution >= 0.6 is 27.3 Å². The van der Waals surface area contributed by atoms with Crippen LogP contribution < -0.4 is 4.72 Å². The highest BCUT2D eigenvalue weighted by Gasteiger charge is 2.45. The summed E-state index contributed by atoms with van der Waals surface area (Å²) in [6.45, 7) is 6.50. The van der Waals surface area contributed by atoms with Gasteiger partial charge in [-0.3, -0.25) is 4.40 Å². The highest BCUT2D eigenvalue weighted by molar-refractivity contribution is 9.10. The third-order valence-corrected chi connectivity index (χ3v) is 7.36. The lowest BCUT2D eigenvalue weighted by molar-refractivity contribution is -0.152. The van der Waals surface area contributed by atoms with Crippen molar-refractivity contribution < 1.29 is 17.4 Å². The number of imidazole rings is 1. The van der Waals surface area contributed by atoms with E-state index in [0.717, 1.165) is 21.4 Å². The summed E-state index contributed by atoms with van der Waals surface area (Å²) in [4.78, 5) is 5.01. The highest BCUT2D eigenvalue weighted by atomic mass is 79.9. The molecule has 2 atom stereocenters. The monoisotopic (exact) mass is 493 g/mol. The van der Waals surface area contributed by atoms with Crippen molar-refractivity contribution in [1.29, 1.82) is 0 Å². The molecular formula is C18H19BrF3N3OS2. The molecule has 0 spiro atoms. The molecule has 0 bridgehead atoms. The van der Waals surface area contributed by atoms with Gasteiger partial charge in [0.15, 0.2) is 11.0 Å². The molecule has 152 valence electrons. The molecule has 4 nitrogen and oxygen atoms in total. The largest absolute Gasteiger partial charge is 0.409 e. The van der Waals surface area contributed by atoms with E-state index in [1.165, 1.54) is 0 Å². The Hall–Kier alpha value is -1.23. The van der Waals surface area contributed by atoms with Gasteiger partial charge in [-0.2, -0.15) is 13.2 Å². The van der Waals surface area contributed by atoms with Crippen LogP contribution in [0, 0.1) is 6.92 Å². The average Bonchev–Trinajstić information content (AvgIpc) is 3.10. The van der Waals surface area contributed by atoms with Gasteiger partial charge in [-0.1, -0.05) is 39.4 Å². The van der Waals surface area contributed by atoms with E-state index in [9.17, 15) is 17.4 Å². The molecular weight excluding hydrogens is 475 g/mol. The van der Waals surface area contributed by atoms with Crippen LogP contribution in [0.25, 0.3) is 16.2 Å². The maximum atomic E-state index is 13.7. The number of alkyl halides is 3. The van der Waals surface area contributed by atoms with Crippen LogP contribution in [0.15, 0.2) is 34.9 Å². The van der Waals surface area contributed by atoms with Crippen LogP contribution in [0.2, 0.25) is 0 Å². The van der Waals surface area contributed by atoms with Crippen LogP contribution in [0.4, 0.5) is 13.2 Å². The van der Waals surface area contributed by atoms with Gasteiger partial charge in [-0.25, -0.2) is 13.9 Å². The molecule has 0 aliphatic heterocycles. The predicted molar refractivity (Wildman–Crippen MR) is 111 cm³/mol. The number of aromatic nitrogens is 2. The SMILES string of the molecule is Cc1c([C@H](N[S@@](=O)C(C)(C)C)C(F)(F)F)sc2nc(-c3cccc(Br)c3)cn12. The first-order chi connectivity index (χ1) is 12.9. The number of nitrogens with zero attached hydrogens (tertiary/aromatic N) is 2. The van der Waals surface area contributed by atoms with Crippen molar-refractivity contribution in [2.24, 2.45) is 0 Å². The Kier molecular flexibility index (Phi) is 5.79. The third kappa shape index (κ3) is 4.34. The predicted octanol–water partition coefficient (Wildman–Crippen LogP) is 5.79. The van der Waals surface area contributed by atoms with Gasteiger partial charge < -0.3 is 0 Å². The van der Waals surface area contributed by atoms with Crippen LogP contribution in [0.1, 0.15) is 37.4 Å². The first-order valence-corrected chi connectivity index (χ1v) is 11.1. The van der Waals surface area contributed by atoms with E-state index in [1.54, 1.807) is 38.3 Å². The number of rotatable bonds is 4. The van der Waals surface area contributed by atoms with Crippen molar-refractivity contribution in [3.8, 4) is 11.3 Å². The molecule has 0 unspecified atom stereocenters. The van der Waals surface area contributed by atoms with Gasteiger partial charge in [0.25, 0.3) is 0 Å². The molecule has 0 aliphatic rings. The van der Waals surface area contributed by atoms with Crippen molar-refractivity contribution in [2.45, 2.75) is 44.7 Å². The molecule has 0 saturated carbocycles. The molecule has 10 heteroatoms. The highest BCUT2D eigenvalue weighted by Crippen LogP contribution is 2.40. The van der Waals surface area contributed by atoms with Crippen LogP contribution in [-0.4, -0.2) is 24.5 Å². The number of nitrogens with one attached hydrogen (secondary N) is 1. The molecule has 0 radical (unpaired) electrons. The van der Waals surface area contributed by atoms with Crippen LogP contribution in [-0.2, 0) is 11.0 Å². The Balaban J connectivity index is 2.03. The fraction of sp³-hybridized carbons (Fsp3) is 0.389. The van der Waals surface area contributed by atoms with Gasteiger partial charge in [0.05, 0.1) is 26.3 Å². The topological polar surface area (TPSA) is 46.4 Å². The normalized spacial score (nSPS) is 15.1. The number of halogens is 4. The van der Waals surface area contributed by atoms with Crippen LogP contribution in [0.5, 0.6) is 0 Å². The molecule has 1 aromatic carbocycles. The maximum absolute atomic E-state index is 13.7. The second-order valence-electron chi connectivity index (χ2n) is 7.31. The van der Waals surface area contributed by atoms with E-state index in [-0.39, 0.29) is 4.88 Å². The fourth-order valence-electron chi connectivity index (χ4n) is 2.57. The lowest BCUT2D eigenvalue weighted by atomic mass is 10.2. The summed E-state index contributed by atoms with van der Waals surface area (Å²) in [7, 11) is -1.87. The number of thiazole rings is 1. The Morgan fingerprint density at radius 3 is 2.50 bits per heavy atom. The van der Waals surface area contributed by atoms with E-state index < -0.39 is 28.0 Å². The Bertz CT molecular complexity index is 1040. The quantitative estimate of drug-likeness (QED) is 0.499. The maximum Gasteiger partial charge on any atom is 0.409 e. The van der Waals surface area contributed by atoms with Gasteiger partial charge in [-0.15, -0.1) is 0 Å². The molecule has 2 heterocycles. The standard InChI is InChI=1S/C18H19BrF3N3OS2/c1-10-14(15(18(20,21)22)24-28(26)17(2,3)4)27-16-23-13(9-25(10)16)11-6-5-7-12(19)8-11/h5-9,15,24H,1-4H3/t15-,28-/m0/s1. The van der Waals surface area contributed by atoms with Crippen LogP contribution in [0.3, 0.4) is 0 Å². The minimum Gasteiger partial charge on any atom is -0.294 e. The fourth-order valence-corrected chi connectivity index (χ4v) is 5.05. The van der Waals surface area contributed by atoms with Gasteiger partial charge in [0, 0.05) is 21.9 Å². The van der Waals surface area contributed by atoms with Gasteiger partial charge >= 0.3 is 6.18 Å². The lowest BCUT2D eigenvalue weighted by Crippen LogP contribution is -2.41. The summed E-state index contributed by atoms with van der Waals surface area (Å²) in [6, 6.07) is 5.53. The number of hydrogen-bond acceptors (Lipinski definition) is 3. The molecule has 0 saturated heterocycles. The second kappa shape index (κ2) is 7.55. The number of benzene rings is 1. The average molecular weight is 494 g/mol. The summed E-state index contributed by atoms with van der Waals surface area (Å²) in [5, 5.41) is 0. The summed E-state index contributed by atoms with van der Waals surface area (Å²) < 4.78 is 57.5. The number of fused-ring (bicyclic) bond motifs is 1. The minimum absolute atomic E-state index is 0.0633. The molecule has 3 rings (SSSR count). The second-order valence-corrected chi connectivity index (χ2v) is 11.2. The smallest absolute Gasteiger partial charge is 0.294 e. The molecule has 28 heavy (non-hydrogen) atoms. The molecule has 1 N–H and O–H groups in total. The Morgan fingerprint density at radius 1 is 1.29 bits per heavy atom. The van der Waals surface area contributed by atoms with E-state index in [4.69, 9.17) is 0 Å². The van der Waals surface area contributed by atoms with Gasteiger partial charge in [-0.05, 0) is 39.8 Å². The summed E-state index contributed by atoms with van der Waals surface area (Å²) >= 11 is 4.36. The molecule has 0 fully saturated rings. The molecule has 0 aliphatic carbocycles. The van der Waals surface area contributed by atoms with Gasteiger partial charge in [0.1, 0.15) is 0 Å². The van der Waals surface area contributed by atoms with Crippen molar-refractivity contribution in [3.05, 3.63) is 45.5 Å². The van der Waals surface area contributed by atoms with Crippen molar-refractivity contribution in [2.75, 3.05) is 0 Å². The zero-order valence-corrected chi connectivity index (χ0v) is 18.8. The lowest BCUT2D eigenvalue weighted by Gasteiger charge is -2.25. The third-order valence-electron chi connectivity index (χ3n) is 4.08. The van der Waals surface area contributed by atoms with E-state index >= 15 is 0 Å². The summed E-state index contributed by atoms with van der Waals surface area (Å²) in [6.07, 6.45) is -2.86. The zero-order chi connectivity index (χ0) is 20.9. The summed E-state index contributed by atoms with van der Waals surface area (Å²) in [5.41, 5.74) is 1.97. The minimum atomic E-state index is -4.58. The first-order valence-electron chi connectivity index (χ1n) is 8.37. The van der Waals surface area contributed by atoms with Gasteiger partial charge in [0.2, 0.25) is 0 Å². The number of hydrogen-bond donors (Lipinski definition) is 1.